The highest BCUT2D eigenvalue weighted by molar-refractivity contribution is 7.99. The SMILES string of the molecule is Clc1nc(Sc2ccccc2)nc(N(c2ccccc2)c2ccccc2)n1. The smallest absolute Gasteiger partial charge is 0.239 e. The summed E-state index contributed by atoms with van der Waals surface area (Å²) in [6.07, 6.45) is 0. The highest BCUT2D eigenvalue weighted by Gasteiger charge is 2.17. The fourth-order valence-electron chi connectivity index (χ4n) is 2.60. The van der Waals surface area contributed by atoms with E-state index in [-0.39, 0.29) is 5.28 Å². The van der Waals surface area contributed by atoms with Crippen LogP contribution in [0.2, 0.25) is 5.28 Å². The van der Waals surface area contributed by atoms with Gasteiger partial charge in [0, 0.05) is 16.3 Å². The van der Waals surface area contributed by atoms with E-state index < -0.39 is 0 Å². The van der Waals surface area contributed by atoms with Gasteiger partial charge in [-0.2, -0.15) is 15.0 Å². The minimum Gasteiger partial charge on any atom is -0.279 e. The summed E-state index contributed by atoms with van der Waals surface area (Å²) in [5.74, 6) is 0.478. The third kappa shape index (κ3) is 4.27. The van der Waals surface area contributed by atoms with Gasteiger partial charge in [-0.25, -0.2) is 0 Å². The molecule has 0 atom stereocenters. The zero-order valence-electron chi connectivity index (χ0n) is 14.2. The van der Waals surface area contributed by atoms with Crippen LogP contribution in [0.25, 0.3) is 0 Å². The molecule has 1 heterocycles. The van der Waals surface area contributed by atoms with E-state index in [9.17, 15) is 0 Å². The highest BCUT2D eigenvalue weighted by Crippen LogP contribution is 2.34. The molecule has 0 spiro atoms. The van der Waals surface area contributed by atoms with Crippen LogP contribution >= 0.6 is 23.4 Å². The number of rotatable bonds is 5. The number of aromatic nitrogens is 3. The van der Waals surface area contributed by atoms with Gasteiger partial charge in [-0.1, -0.05) is 54.6 Å². The van der Waals surface area contributed by atoms with Crippen LogP contribution in [0.15, 0.2) is 101 Å². The first-order valence-electron chi connectivity index (χ1n) is 8.34. The Hall–Kier alpha value is -2.89. The summed E-state index contributed by atoms with van der Waals surface area (Å²) in [5.41, 5.74) is 1.89. The van der Waals surface area contributed by atoms with E-state index in [0.29, 0.717) is 11.1 Å². The van der Waals surface area contributed by atoms with Gasteiger partial charge in [-0.15, -0.1) is 0 Å². The maximum absolute atomic E-state index is 6.23. The van der Waals surface area contributed by atoms with E-state index in [1.807, 2.05) is 95.9 Å². The highest BCUT2D eigenvalue weighted by atomic mass is 35.5. The second-order valence-corrected chi connectivity index (χ2v) is 6.99. The molecule has 0 fully saturated rings. The Morgan fingerprint density at radius 3 is 1.70 bits per heavy atom. The fraction of sp³-hybridized carbons (Fsp3) is 0. The van der Waals surface area contributed by atoms with Crippen LogP contribution in [0.3, 0.4) is 0 Å². The van der Waals surface area contributed by atoms with Crippen LogP contribution in [0, 0.1) is 0 Å². The molecule has 4 nitrogen and oxygen atoms in total. The molecular formula is C21H15ClN4S. The third-order valence-electron chi connectivity index (χ3n) is 3.76. The second-order valence-electron chi connectivity index (χ2n) is 5.61. The molecule has 6 heteroatoms. The zero-order chi connectivity index (χ0) is 18.5. The summed E-state index contributed by atoms with van der Waals surface area (Å²) in [7, 11) is 0. The van der Waals surface area contributed by atoms with Gasteiger partial charge in [-0.05, 0) is 59.8 Å². The average Bonchev–Trinajstić information content (AvgIpc) is 2.70. The molecule has 0 aliphatic carbocycles. The van der Waals surface area contributed by atoms with E-state index in [0.717, 1.165) is 16.3 Å². The van der Waals surface area contributed by atoms with E-state index in [4.69, 9.17) is 11.6 Å². The van der Waals surface area contributed by atoms with E-state index >= 15 is 0 Å². The maximum Gasteiger partial charge on any atom is 0.239 e. The molecule has 0 bridgehead atoms. The number of hydrogen-bond acceptors (Lipinski definition) is 5. The fourth-order valence-corrected chi connectivity index (χ4v) is 3.56. The predicted octanol–water partition coefficient (Wildman–Crippen LogP) is 6.15. The first-order chi connectivity index (χ1) is 13.3. The lowest BCUT2D eigenvalue weighted by Crippen LogP contribution is -2.14. The van der Waals surface area contributed by atoms with Crippen LogP contribution in [0.4, 0.5) is 17.3 Å². The standard InChI is InChI=1S/C21H15ClN4S/c22-19-23-20(25-21(24-19)27-18-14-8-3-9-15-18)26(16-10-4-1-5-11-16)17-12-6-2-7-13-17/h1-15H. The predicted molar refractivity (Wildman–Crippen MR) is 110 cm³/mol. The van der Waals surface area contributed by atoms with Crippen molar-refractivity contribution in [3.8, 4) is 0 Å². The molecule has 3 aromatic carbocycles. The average molecular weight is 391 g/mol. The van der Waals surface area contributed by atoms with E-state index in [2.05, 4.69) is 15.0 Å². The van der Waals surface area contributed by atoms with Gasteiger partial charge in [0.15, 0.2) is 5.16 Å². The Morgan fingerprint density at radius 2 is 1.15 bits per heavy atom. The minimum atomic E-state index is 0.162. The van der Waals surface area contributed by atoms with Crippen molar-refractivity contribution in [1.82, 2.24) is 15.0 Å². The van der Waals surface area contributed by atoms with Crippen LogP contribution in [-0.4, -0.2) is 15.0 Å². The second kappa shape index (κ2) is 8.20. The van der Waals surface area contributed by atoms with Crippen molar-refractivity contribution in [1.29, 1.82) is 0 Å². The van der Waals surface area contributed by atoms with Crippen molar-refractivity contribution in [2.75, 3.05) is 4.90 Å². The van der Waals surface area contributed by atoms with Gasteiger partial charge >= 0.3 is 0 Å². The first-order valence-corrected chi connectivity index (χ1v) is 9.54. The summed E-state index contributed by atoms with van der Waals surface area (Å²) >= 11 is 7.68. The molecule has 0 aliphatic rings. The normalized spacial score (nSPS) is 10.6. The molecule has 4 aromatic rings. The zero-order valence-corrected chi connectivity index (χ0v) is 15.8. The number of hydrogen-bond donors (Lipinski definition) is 0. The summed E-state index contributed by atoms with van der Waals surface area (Å²) in [6, 6.07) is 29.9. The molecule has 27 heavy (non-hydrogen) atoms. The third-order valence-corrected chi connectivity index (χ3v) is 4.80. The number of anilines is 3. The minimum absolute atomic E-state index is 0.162. The molecule has 0 radical (unpaired) electrons. The summed E-state index contributed by atoms with van der Waals surface area (Å²) in [4.78, 5) is 16.3. The van der Waals surface area contributed by atoms with Gasteiger partial charge in [0.05, 0.1) is 0 Å². The Kier molecular flexibility index (Phi) is 5.32. The molecule has 132 valence electrons. The number of nitrogens with zero attached hydrogens (tertiary/aromatic N) is 4. The van der Waals surface area contributed by atoms with Crippen molar-refractivity contribution < 1.29 is 0 Å². The Morgan fingerprint density at radius 1 is 0.630 bits per heavy atom. The van der Waals surface area contributed by atoms with Crippen LogP contribution in [-0.2, 0) is 0 Å². The number of halogens is 1. The Labute approximate surface area is 166 Å². The summed E-state index contributed by atoms with van der Waals surface area (Å²) in [5, 5.41) is 0.711. The molecule has 0 unspecified atom stereocenters. The van der Waals surface area contributed by atoms with Gasteiger partial charge < -0.3 is 0 Å². The van der Waals surface area contributed by atoms with Crippen LogP contribution in [0.1, 0.15) is 0 Å². The van der Waals surface area contributed by atoms with Crippen molar-refractivity contribution in [3.63, 3.8) is 0 Å². The number of para-hydroxylation sites is 2. The molecule has 0 N–H and O–H groups in total. The van der Waals surface area contributed by atoms with Crippen molar-refractivity contribution in [2.24, 2.45) is 0 Å². The Balaban J connectivity index is 1.78. The van der Waals surface area contributed by atoms with E-state index in [1.54, 1.807) is 0 Å². The lowest BCUT2D eigenvalue weighted by atomic mass is 10.2. The molecule has 4 rings (SSSR count). The first kappa shape index (κ1) is 17.5. The molecule has 0 saturated heterocycles. The quantitative estimate of drug-likeness (QED) is 0.409. The monoisotopic (exact) mass is 390 g/mol. The lowest BCUT2D eigenvalue weighted by Gasteiger charge is -2.23. The molecule has 0 aliphatic heterocycles. The largest absolute Gasteiger partial charge is 0.279 e. The molecular weight excluding hydrogens is 376 g/mol. The molecule has 0 saturated carbocycles. The van der Waals surface area contributed by atoms with Gasteiger partial charge in [0.2, 0.25) is 11.2 Å². The van der Waals surface area contributed by atoms with Crippen molar-refractivity contribution in [3.05, 3.63) is 96.3 Å². The van der Waals surface area contributed by atoms with Gasteiger partial charge in [-0.3, -0.25) is 4.90 Å². The summed E-state index contributed by atoms with van der Waals surface area (Å²) < 4.78 is 0. The van der Waals surface area contributed by atoms with Gasteiger partial charge in [0.25, 0.3) is 0 Å². The summed E-state index contributed by atoms with van der Waals surface area (Å²) in [6.45, 7) is 0. The number of benzene rings is 3. The lowest BCUT2D eigenvalue weighted by molar-refractivity contribution is 0.890. The van der Waals surface area contributed by atoms with Crippen LogP contribution < -0.4 is 4.90 Å². The van der Waals surface area contributed by atoms with Crippen molar-refractivity contribution >= 4 is 40.7 Å². The van der Waals surface area contributed by atoms with Crippen molar-refractivity contribution in [2.45, 2.75) is 10.1 Å². The Bertz CT molecular complexity index is 975. The van der Waals surface area contributed by atoms with E-state index in [1.165, 1.54) is 11.8 Å². The van der Waals surface area contributed by atoms with Gasteiger partial charge in [0.1, 0.15) is 0 Å². The van der Waals surface area contributed by atoms with Crippen LogP contribution in [0.5, 0.6) is 0 Å². The topological polar surface area (TPSA) is 41.9 Å². The maximum atomic E-state index is 6.23. The molecule has 1 aromatic heterocycles. The molecule has 0 amide bonds.